The van der Waals surface area contributed by atoms with Crippen molar-refractivity contribution in [1.29, 1.82) is 0 Å². The monoisotopic (exact) mass is 316 g/mol. The average molecular weight is 316 g/mol. The Kier molecular flexibility index (Phi) is 4.17. The molecule has 2 fully saturated rings. The van der Waals surface area contributed by atoms with Gasteiger partial charge in [0.1, 0.15) is 12.1 Å². The maximum Gasteiger partial charge on any atom is 0.240 e. The van der Waals surface area contributed by atoms with Crippen LogP contribution in [-0.4, -0.2) is 40.8 Å². The lowest BCUT2D eigenvalue weighted by Crippen LogP contribution is -2.46. The highest BCUT2D eigenvalue weighted by Crippen LogP contribution is 2.45. The van der Waals surface area contributed by atoms with Crippen molar-refractivity contribution in [3.05, 3.63) is 35.9 Å². The number of carbonyl (C=O) groups is 3. The van der Waals surface area contributed by atoms with Crippen LogP contribution in [0.4, 0.5) is 0 Å². The fraction of sp³-hybridized carbons (Fsp3) is 0.471. The second kappa shape index (κ2) is 6.12. The van der Waals surface area contributed by atoms with Crippen LogP contribution in [-0.2, 0) is 20.0 Å². The molecule has 1 aliphatic heterocycles. The van der Waals surface area contributed by atoms with Gasteiger partial charge in [-0.3, -0.25) is 19.3 Å². The topological polar surface area (TPSA) is 86.7 Å². The van der Waals surface area contributed by atoms with Gasteiger partial charge in [0, 0.05) is 12.8 Å². The molecule has 1 aliphatic carbocycles. The molecule has 1 saturated heterocycles. The fourth-order valence-electron chi connectivity index (χ4n) is 3.00. The third kappa shape index (κ3) is 3.27. The highest BCUT2D eigenvalue weighted by Gasteiger charge is 2.45. The standard InChI is InChI=1S/C17H20N2O4/c20-14(10-19-15(21)8-9-16(19)22)18-11-17(23,13-6-7-13)12-4-2-1-3-5-12/h1-5,13,23H,6-11H2,(H,18,20). The van der Waals surface area contributed by atoms with E-state index in [4.69, 9.17) is 0 Å². The first-order valence-corrected chi connectivity index (χ1v) is 7.88. The van der Waals surface area contributed by atoms with Crippen molar-refractivity contribution in [2.75, 3.05) is 13.1 Å². The SMILES string of the molecule is O=C(CN1C(=O)CCC1=O)NCC(O)(c1ccccc1)C1CC1. The van der Waals surface area contributed by atoms with E-state index in [1.54, 1.807) is 0 Å². The van der Waals surface area contributed by atoms with Gasteiger partial charge in [-0.25, -0.2) is 0 Å². The Hall–Kier alpha value is -2.21. The highest BCUT2D eigenvalue weighted by atomic mass is 16.3. The van der Waals surface area contributed by atoms with Crippen LogP contribution in [0, 0.1) is 5.92 Å². The van der Waals surface area contributed by atoms with Crippen LogP contribution < -0.4 is 5.32 Å². The maximum absolute atomic E-state index is 12.0. The summed E-state index contributed by atoms with van der Waals surface area (Å²) in [6, 6.07) is 9.27. The van der Waals surface area contributed by atoms with E-state index in [2.05, 4.69) is 5.32 Å². The molecule has 1 atom stereocenters. The summed E-state index contributed by atoms with van der Waals surface area (Å²) in [6.45, 7) is -0.191. The van der Waals surface area contributed by atoms with Crippen molar-refractivity contribution in [2.45, 2.75) is 31.3 Å². The molecule has 2 N–H and O–H groups in total. The minimum Gasteiger partial charge on any atom is -0.383 e. The zero-order chi connectivity index (χ0) is 16.4. The number of carbonyl (C=O) groups excluding carboxylic acids is 3. The van der Waals surface area contributed by atoms with Gasteiger partial charge in [0.25, 0.3) is 0 Å². The Balaban J connectivity index is 1.62. The molecule has 1 aromatic rings. The minimum absolute atomic E-state index is 0.0801. The molecular formula is C17H20N2O4. The summed E-state index contributed by atoms with van der Waals surface area (Å²) in [5, 5.41) is 13.6. The van der Waals surface area contributed by atoms with E-state index in [1.165, 1.54) is 0 Å². The van der Waals surface area contributed by atoms with Gasteiger partial charge in [-0.05, 0) is 24.3 Å². The summed E-state index contributed by atoms with van der Waals surface area (Å²) in [6.07, 6.45) is 2.18. The van der Waals surface area contributed by atoms with Crippen LogP contribution in [0.25, 0.3) is 0 Å². The second-order valence-electron chi connectivity index (χ2n) is 6.21. The lowest BCUT2D eigenvalue weighted by molar-refractivity contribution is -0.142. The number of aliphatic hydroxyl groups is 1. The van der Waals surface area contributed by atoms with Crippen LogP contribution in [0.15, 0.2) is 30.3 Å². The number of nitrogens with one attached hydrogen (secondary N) is 1. The molecule has 1 unspecified atom stereocenters. The lowest BCUT2D eigenvalue weighted by atomic mass is 9.88. The number of rotatable bonds is 6. The molecule has 0 radical (unpaired) electrons. The first-order valence-electron chi connectivity index (χ1n) is 7.88. The fourth-order valence-corrected chi connectivity index (χ4v) is 3.00. The van der Waals surface area contributed by atoms with E-state index in [0.29, 0.717) is 0 Å². The van der Waals surface area contributed by atoms with Gasteiger partial charge in [0.05, 0.1) is 6.54 Å². The van der Waals surface area contributed by atoms with Gasteiger partial charge in [0.2, 0.25) is 17.7 Å². The van der Waals surface area contributed by atoms with Crippen molar-refractivity contribution in [1.82, 2.24) is 10.2 Å². The van der Waals surface area contributed by atoms with Crippen molar-refractivity contribution >= 4 is 17.7 Å². The number of benzene rings is 1. The zero-order valence-corrected chi connectivity index (χ0v) is 12.8. The van der Waals surface area contributed by atoms with Crippen molar-refractivity contribution in [2.24, 2.45) is 5.92 Å². The number of imide groups is 1. The van der Waals surface area contributed by atoms with E-state index < -0.39 is 11.5 Å². The van der Waals surface area contributed by atoms with Crippen LogP contribution in [0.3, 0.4) is 0 Å². The van der Waals surface area contributed by atoms with E-state index in [1.807, 2.05) is 30.3 Å². The number of likely N-dealkylation sites (tertiary alicyclic amines) is 1. The molecule has 23 heavy (non-hydrogen) atoms. The molecule has 1 heterocycles. The molecule has 3 amide bonds. The summed E-state index contributed by atoms with van der Waals surface area (Å²) in [5.41, 5.74) is -0.327. The molecule has 1 saturated carbocycles. The van der Waals surface area contributed by atoms with E-state index >= 15 is 0 Å². The second-order valence-corrected chi connectivity index (χ2v) is 6.21. The van der Waals surface area contributed by atoms with Crippen molar-refractivity contribution in [3.8, 4) is 0 Å². The molecule has 1 aromatic carbocycles. The van der Waals surface area contributed by atoms with Crippen LogP contribution in [0.2, 0.25) is 0 Å². The normalized spacial score (nSPS) is 20.5. The smallest absolute Gasteiger partial charge is 0.240 e. The third-order valence-corrected chi connectivity index (χ3v) is 4.54. The molecule has 122 valence electrons. The molecule has 6 heteroatoms. The Morgan fingerprint density at radius 1 is 1.17 bits per heavy atom. The molecule has 0 spiro atoms. The van der Waals surface area contributed by atoms with Gasteiger partial charge in [-0.2, -0.15) is 0 Å². The van der Waals surface area contributed by atoms with Gasteiger partial charge in [-0.1, -0.05) is 30.3 Å². The zero-order valence-electron chi connectivity index (χ0n) is 12.8. The number of hydrogen-bond donors (Lipinski definition) is 2. The van der Waals surface area contributed by atoms with Crippen LogP contribution in [0.5, 0.6) is 0 Å². The summed E-state index contributed by atoms with van der Waals surface area (Å²) in [5.74, 6) is -0.930. The van der Waals surface area contributed by atoms with Crippen LogP contribution >= 0.6 is 0 Å². The van der Waals surface area contributed by atoms with Gasteiger partial charge < -0.3 is 10.4 Å². The summed E-state index contributed by atoms with van der Waals surface area (Å²) < 4.78 is 0. The lowest BCUT2D eigenvalue weighted by Gasteiger charge is -2.29. The average Bonchev–Trinajstić information content (AvgIpc) is 3.37. The summed E-state index contributed by atoms with van der Waals surface area (Å²) in [4.78, 5) is 36.1. The Morgan fingerprint density at radius 3 is 2.35 bits per heavy atom. The van der Waals surface area contributed by atoms with Gasteiger partial charge in [0.15, 0.2) is 0 Å². The van der Waals surface area contributed by atoms with Crippen molar-refractivity contribution in [3.63, 3.8) is 0 Å². The van der Waals surface area contributed by atoms with Gasteiger partial charge >= 0.3 is 0 Å². The van der Waals surface area contributed by atoms with Crippen LogP contribution in [0.1, 0.15) is 31.2 Å². The Bertz CT molecular complexity index is 611. The predicted molar refractivity (Wildman–Crippen MR) is 82.0 cm³/mol. The summed E-state index contributed by atoms with van der Waals surface area (Å²) in [7, 11) is 0. The molecule has 0 bridgehead atoms. The number of amides is 3. The highest BCUT2D eigenvalue weighted by molar-refractivity contribution is 6.04. The molecule has 2 aliphatic rings. The molecular weight excluding hydrogens is 296 g/mol. The third-order valence-electron chi connectivity index (χ3n) is 4.54. The minimum atomic E-state index is -1.10. The Morgan fingerprint density at radius 2 is 1.78 bits per heavy atom. The maximum atomic E-state index is 12.0. The van der Waals surface area contributed by atoms with Gasteiger partial charge in [-0.15, -0.1) is 0 Å². The first kappa shape index (κ1) is 15.7. The van der Waals surface area contributed by atoms with Crippen molar-refractivity contribution < 1.29 is 19.5 Å². The molecule has 0 aromatic heterocycles. The Labute approximate surface area is 134 Å². The quantitative estimate of drug-likeness (QED) is 0.750. The largest absolute Gasteiger partial charge is 0.383 e. The van der Waals surface area contributed by atoms with E-state index in [9.17, 15) is 19.5 Å². The first-order chi connectivity index (χ1) is 11.0. The predicted octanol–water partition coefficient (Wildman–Crippen LogP) is 0.549. The number of nitrogens with zero attached hydrogens (tertiary/aromatic N) is 1. The molecule has 3 rings (SSSR count). The molecule has 6 nitrogen and oxygen atoms in total. The number of hydrogen-bond acceptors (Lipinski definition) is 4. The van der Waals surface area contributed by atoms with E-state index in [-0.39, 0.29) is 43.7 Å². The summed E-state index contributed by atoms with van der Waals surface area (Å²) >= 11 is 0. The van der Waals surface area contributed by atoms with E-state index in [0.717, 1.165) is 23.3 Å².